The molecule has 0 radical (unpaired) electrons. The van der Waals surface area contributed by atoms with Gasteiger partial charge in [0.05, 0.1) is 18.0 Å². The van der Waals surface area contributed by atoms with E-state index in [1.807, 2.05) is 12.1 Å². The van der Waals surface area contributed by atoms with Crippen LogP contribution in [-0.2, 0) is 43.0 Å². The Morgan fingerprint density at radius 2 is 1.20 bits per heavy atom. The number of fused-ring (bicyclic) bond motifs is 6. The van der Waals surface area contributed by atoms with Crippen LogP contribution in [0.2, 0.25) is 0 Å². The maximum Gasteiger partial charge on any atom is 0.335 e. The normalized spacial score (nSPS) is 25.2. The largest absolute Gasteiger partial charge is 0.479 e. The van der Waals surface area contributed by atoms with Crippen molar-refractivity contribution in [2.75, 3.05) is 59.7 Å². The van der Waals surface area contributed by atoms with Crippen molar-refractivity contribution >= 4 is 115 Å². The summed E-state index contributed by atoms with van der Waals surface area (Å²) in [6.45, 7) is 0.220. The maximum atomic E-state index is 14.5. The van der Waals surface area contributed by atoms with Crippen LogP contribution in [0.5, 0.6) is 11.5 Å². The summed E-state index contributed by atoms with van der Waals surface area (Å²) in [5.41, 5.74) is 3.36. The zero-order valence-electron chi connectivity index (χ0n) is 46.5. The Balaban J connectivity index is 0.893. The highest BCUT2D eigenvalue weighted by molar-refractivity contribution is 6.20. The van der Waals surface area contributed by atoms with Crippen molar-refractivity contribution < 1.29 is 88.3 Å². The van der Waals surface area contributed by atoms with Crippen molar-refractivity contribution in [3.8, 4) is 11.5 Å². The minimum atomic E-state index is -1.96. The molecule has 2 saturated heterocycles. The Morgan fingerprint density at radius 3 is 1.78 bits per heavy atom. The van der Waals surface area contributed by atoms with Crippen LogP contribution in [0.15, 0.2) is 103 Å². The number of nitrogens with zero attached hydrogens (tertiary/aromatic N) is 3. The number of halogens is 2. The van der Waals surface area contributed by atoms with Crippen LogP contribution in [-0.4, -0.2) is 182 Å². The number of alkyl halides is 2. The third-order valence-corrected chi connectivity index (χ3v) is 16.7. The van der Waals surface area contributed by atoms with E-state index in [9.17, 15) is 69.3 Å². The van der Waals surface area contributed by atoms with Crippen molar-refractivity contribution in [3.05, 3.63) is 125 Å². The molecule has 5 heterocycles. The third kappa shape index (κ3) is 13.2. The number of carboxylic acid groups (broad SMARTS) is 1. The number of imide groups is 1. The predicted octanol–water partition coefficient (Wildman–Crippen LogP) is 3.78. The van der Waals surface area contributed by atoms with Gasteiger partial charge in [-0.15, -0.1) is 23.2 Å². The lowest BCUT2D eigenvalue weighted by molar-refractivity contribution is -0.270. The third-order valence-electron chi connectivity index (χ3n) is 16.0. The van der Waals surface area contributed by atoms with Gasteiger partial charge in [-0.2, -0.15) is 0 Å². The molecule has 0 spiro atoms. The molecule has 0 aliphatic carbocycles. The molecule has 25 heteroatoms. The monoisotopic (exact) mass is 1240 g/mol. The zero-order chi connectivity index (χ0) is 61.8. The van der Waals surface area contributed by atoms with Gasteiger partial charge >= 0.3 is 5.97 Å². The highest BCUT2D eigenvalue weighted by atomic mass is 35.5. The Labute approximate surface area is 507 Å². The van der Waals surface area contributed by atoms with Crippen LogP contribution >= 0.6 is 23.2 Å². The second-order valence-electron chi connectivity index (χ2n) is 21.7. The van der Waals surface area contributed by atoms with Gasteiger partial charge in [-0.3, -0.25) is 33.7 Å². The van der Waals surface area contributed by atoms with Gasteiger partial charge in [0.25, 0.3) is 23.6 Å². The number of carbonyl (C=O) groups is 7. The summed E-state index contributed by atoms with van der Waals surface area (Å²) in [5, 5.41) is 80.8. The highest BCUT2D eigenvalue weighted by Gasteiger charge is 2.49. The van der Waals surface area contributed by atoms with Crippen molar-refractivity contribution in [1.29, 1.82) is 0 Å². The summed E-state index contributed by atoms with van der Waals surface area (Å²) in [5.74, 6) is -4.28. The number of aliphatic hydroxyl groups excluding tert-OH is 6. The molecule has 0 aromatic heterocycles. The van der Waals surface area contributed by atoms with E-state index in [1.54, 1.807) is 66.7 Å². The first kappa shape index (κ1) is 62.2. The standard InChI is InChI=1S/C62H63Cl2N5O18/c63-27-34-29-68(41-25-44(36-8-3-5-10-38(36)52(34)41)85-61-57(80)54(77)43(70)31-84-61)50(75)17-14-32-13-15-33(40(24-32)66-47(72)21-22-65-46(71)12-2-1-7-23-67-48(73)19-20-49(67)74)16-18-51(76)69-30-35(28-64)53-39-11-6-4-9-37(39)45(26-42(53)69)86-62-58(81)55(78)56(79)59(87-62)60(82)83/h3-6,8-11,13-20,24-26,34-35,43,54-59,61-62,70,77-81H,1-2,7,12,21-23,27-31H2,(H,65,71)(H,66,72)(H,82,83)/t34-,35?,43-,54+,55+,56+,57-,58-,59+,61+,62-/m1/s1. The van der Waals surface area contributed by atoms with Crippen LogP contribution in [0.1, 0.15) is 66.2 Å². The van der Waals surface area contributed by atoms with E-state index in [1.165, 1.54) is 46.2 Å². The number of aliphatic carboxylic acids is 1. The summed E-state index contributed by atoms with van der Waals surface area (Å²) in [6.07, 6.45) is -5.63. The SMILES string of the molecule is O=C(CCCCCN1C(=O)C=CC1=O)NCCC(=O)Nc1cc(C=CC(=O)N2C[C@@H](CCl)c3c2cc(O[C@@H]2OC[C@@H](O)[C@H](O)[C@H]2O)c2ccccc32)ccc1C=CC(=O)N1CC(CCl)c2c1cc(O[C@@H]1O[C@H](C(=O)O)[C@@H](O)[C@H](O)[C@H]1O)c1ccccc21. The first-order chi connectivity index (χ1) is 41.8. The van der Waals surface area contributed by atoms with Crippen molar-refractivity contribution in [3.63, 3.8) is 0 Å². The molecule has 0 saturated carbocycles. The fourth-order valence-electron chi connectivity index (χ4n) is 11.4. The Hall–Kier alpha value is -7.81. The number of benzene rings is 5. The summed E-state index contributed by atoms with van der Waals surface area (Å²) in [4.78, 5) is 95.1. The van der Waals surface area contributed by atoms with Crippen LogP contribution < -0.4 is 29.9 Å². The number of ether oxygens (including phenoxy) is 4. The Bertz CT molecular complexity index is 3580. The Morgan fingerprint density at radius 1 is 0.632 bits per heavy atom. The molecule has 458 valence electrons. The average molecular weight is 1240 g/mol. The van der Waals surface area contributed by atoms with Crippen LogP contribution in [0, 0.1) is 0 Å². The van der Waals surface area contributed by atoms with Gasteiger partial charge in [-0.1, -0.05) is 67.1 Å². The topological polar surface area (TPSA) is 332 Å². The Kier molecular flexibility index (Phi) is 19.4. The number of rotatable bonds is 21. The molecule has 5 aliphatic heterocycles. The number of unbranched alkanes of at least 4 members (excludes halogenated alkanes) is 2. The van der Waals surface area contributed by atoms with E-state index in [0.717, 1.165) is 15.8 Å². The fourth-order valence-corrected chi connectivity index (χ4v) is 11.9. The molecule has 23 nitrogen and oxygen atoms in total. The van der Waals surface area contributed by atoms with Crippen molar-refractivity contribution in [1.82, 2.24) is 10.2 Å². The van der Waals surface area contributed by atoms with Gasteiger partial charge in [0.1, 0.15) is 48.1 Å². The van der Waals surface area contributed by atoms with Gasteiger partial charge in [-0.05, 0) is 64.1 Å². The van der Waals surface area contributed by atoms with Crippen LogP contribution in [0.3, 0.4) is 0 Å². The van der Waals surface area contributed by atoms with Crippen molar-refractivity contribution in [2.24, 2.45) is 0 Å². The summed E-state index contributed by atoms with van der Waals surface area (Å²) in [7, 11) is 0. The van der Waals surface area contributed by atoms with Crippen LogP contribution in [0.25, 0.3) is 33.7 Å². The van der Waals surface area contributed by atoms with E-state index in [0.29, 0.717) is 63.5 Å². The predicted molar refractivity (Wildman–Crippen MR) is 318 cm³/mol. The number of nitrogens with one attached hydrogen (secondary N) is 2. The smallest absolute Gasteiger partial charge is 0.335 e. The number of hydrogen-bond donors (Lipinski definition) is 9. The van der Waals surface area contributed by atoms with Crippen LogP contribution in [0.4, 0.5) is 17.1 Å². The highest BCUT2D eigenvalue weighted by Crippen LogP contribution is 2.48. The lowest BCUT2D eigenvalue weighted by Crippen LogP contribution is -2.61. The molecule has 10 rings (SSSR count). The van der Waals surface area contributed by atoms with E-state index in [-0.39, 0.29) is 104 Å². The number of carboxylic acids is 1. The summed E-state index contributed by atoms with van der Waals surface area (Å²) in [6, 6.07) is 22.3. The lowest BCUT2D eigenvalue weighted by atomic mass is 9.95. The first-order valence-electron chi connectivity index (χ1n) is 28.2. The lowest BCUT2D eigenvalue weighted by Gasteiger charge is -2.38. The molecular weight excluding hydrogens is 1170 g/mol. The van der Waals surface area contributed by atoms with Crippen molar-refractivity contribution in [2.45, 2.75) is 99.2 Å². The molecular formula is C62H63Cl2N5O18. The molecule has 1 unspecified atom stereocenters. The van der Waals surface area contributed by atoms with Gasteiger partial charge in [0.15, 0.2) is 6.10 Å². The number of anilines is 3. The molecule has 11 atom stereocenters. The minimum absolute atomic E-state index is 0.0299. The summed E-state index contributed by atoms with van der Waals surface area (Å²) < 4.78 is 23.2. The van der Waals surface area contributed by atoms with E-state index >= 15 is 0 Å². The second-order valence-corrected chi connectivity index (χ2v) is 22.3. The number of hydrogen-bond acceptors (Lipinski definition) is 17. The molecule has 0 bridgehead atoms. The summed E-state index contributed by atoms with van der Waals surface area (Å²) >= 11 is 13.1. The first-order valence-corrected chi connectivity index (χ1v) is 29.3. The molecule has 6 amide bonds. The number of amides is 6. The van der Waals surface area contributed by atoms with Gasteiger partial charge in [0.2, 0.25) is 24.4 Å². The second kappa shape index (κ2) is 27.1. The quantitative estimate of drug-likeness (QED) is 0.0218. The number of aliphatic hydroxyl groups is 6. The minimum Gasteiger partial charge on any atom is -0.479 e. The maximum absolute atomic E-state index is 14.5. The van der Waals surface area contributed by atoms with Gasteiger partial charge in [0, 0.05) is 116 Å². The van der Waals surface area contributed by atoms with Gasteiger partial charge in [-0.25, -0.2) is 4.79 Å². The molecule has 9 N–H and O–H groups in total. The molecule has 87 heavy (non-hydrogen) atoms. The molecule has 5 aromatic carbocycles. The molecule has 5 aliphatic rings. The average Bonchev–Trinajstić information content (AvgIpc) is 1.82. The van der Waals surface area contributed by atoms with E-state index in [4.69, 9.17) is 42.1 Å². The number of carbonyl (C=O) groups excluding carboxylic acids is 6. The van der Waals surface area contributed by atoms with Gasteiger partial charge < -0.3 is 75.1 Å². The van der Waals surface area contributed by atoms with E-state index in [2.05, 4.69) is 10.6 Å². The fraction of sp³-hybridized carbons (Fsp3) is 0.371. The van der Waals surface area contributed by atoms with E-state index < -0.39 is 79.0 Å². The molecule has 2 fully saturated rings. The zero-order valence-corrected chi connectivity index (χ0v) is 48.0. The molecule has 5 aromatic rings.